The zero-order valence-electron chi connectivity index (χ0n) is 10.3. The highest BCUT2D eigenvalue weighted by molar-refractivity contribution is 5.73. The SMILES string of the molecule is Cc1ccc(C(F)(F)F)cc1NC1CCC1C(=O)O. The van der Waals surface area contributed by atoms with Crippen LogP contribution in [0.1, 0.15) is 24.0 Å². The van der Waals surface area contributed by atoms with Crippen LogP contribution in [0.4, 0.5) is 18.9 Å². The van der Waals surface area contributed by atoms with Gasteiger partial charge in [0.05, 0.1) is 11.5 Å². The van der Waals surface area contributed by atoms with Crippen molar-refractivity contribution in [2.24, 2.45) is 5.92 Å². The Kier molecular flexibility index (Phi) is 3.43. The first-order chi connectivity index (χ1) is 8.79. The molecule has 104 valence electrons. The fourth-order valence-electron chi connectivity index (χ4n) is 2.12. The lowest BCUT2D eigenvalue weighted by Crippen LogP contribution is -2.43. The molecule has 1 aromatic rings. The number of hydrogen-bond acceptors (Lipinski definition) is 2. The van der Waals surface area contributed by atoms with Gasteiger partial charge in [-0.3, -0.25) is 4.79 Å². The van der Waals surface area contributed by atoms with Crippen LogP contribution in [-0.2, 0) is 11.0 Å². The lowest BCUT2D eigenvalue weighted by atomic mass is 9.79. The summed E-state index contributed by atoms with van der Waals surface area (Å²) < 4.78 is 37.8. The summed E-state index contributed by atoms with van der Waals surface area (Å²) in [7, 11) is 0. The lowest BCUT2D eigenvalue weighted by molar-refractivity contribution is -0.145. The predicted octanol–water partition coefficient (Wildman–Crippen LogP) is 3.29. The summed E-state index contributed by atoms with van der Waals surface area (Å²) in [4.78, 5) is 10.9. The van der Waals surface area contributed by atoms with E-state index in [2.05, 4.69) is 5.32 Å². The number of anilines is 1. The van der Waals surface area contributed by atoms with Crippen LogP contribution in [0.15, 0.2) is 18.2 Å². The quantitative estimate of drug-likeness (QED) is 0.888. The smallest absolute Gasteiger partial charge is 0.416 e. The molecule has 3 nitrogen and oxygen atoms in total. The van der Waals surface area contributed by atoms with Crippen molar-refractivity contribution in [2.75, 3.05) is 5.32 Å². The van der Waals surface area contributed by atoms with E-state index in [1.54, 1.807) is 6.92 Å². The molecule has 1 aliphatic carbocycles. The largest absolute Gasteiger partial charge is 0.481 e. The third-order valence-corrected chi connectivity index (χ3v) is 3.50. The third kappa shape index (κ3) is 2.83. The van der Waals surface area contributed by atoms with E-state index < -0.39 is 23.6 Å². The molecule has 1 fully saturated rings. The van der Waals surface area contributed by atoms with Crippen LogP contribution in [0.25, 0.3) is 0 Å². The molecule has 0 saturated heterocycles. The first-order valence-electron chi connectivity index (χ1n) is 5.96. The molecule has 0 radical (unpaired) electrons. The van der Waals surface area contributed by atoms with Crippen molar-refractivity contribution in [1.29, 1.82) is 0 Å². The molecule has 0 bridgehead atoms. The maximum atomic E-state index is 12.6. The number of benzene rings is 1. The third-order valence-electron chi connectivity index (χ3n) is 3.50. The van der Waals surface area contributed by atoms with Crippen LogP contribution in [0.2, 0.25) is 0 Å². The Bertz CT molecular complexity index is 499. The van der Waals surface area contributed by atoms with Crippen LogP contribution in [0.5, 0.6) is 0 Å². The number of alkyl halides is 3. The number of aliphatic carboxylic acids is 1. The minimum Gasteiger partial charge on any atom is -0.481 e. The maximum absolute atomic E-state index is 12.6. The second kappa shape index (κ2) is 4.75. The van der Waals surface area contributed by atoms with Gasteiger partial charge in [0.2, 0.25) is 0 Å². The number of carboxylic acid groups (broad SMARTS) is 1. The Morgan fingerprint density at radius 3 is 2.53 bits per heavy atom. The summed E-state index contributed by atoms with van der Waals surface area (Å²) in [6.45, 7) is 1.69. The molecule has 0 aromatic heterocycles. The number of aryl methyl sites for hydroxylation is 1. The molecule has 1 aliphatic rings. The van der Waals surface area contributed by atoms with E-state index >= 15 is 0 Å². The molecule has 1 saturated carbocycles. The van der Waals surface area contributed by atoms with Crippen molar-refractivity contribution in [2.45, 2.75) is 32.0 Å². The van der Waals surface area contributed by atoms with Crippen LogP contribution >= 0.6 is 0 Å². The highest BCUT2D eigenvalue weighted by Gasteiger charge is 2.37. The van der Waals surface area contributed by atoms with E-state index in [-0.39, 0.29) is 6.04 Å². The van der Waals surface area contributed by atoms with Gasteiger partial charge in [0.15, 0.2) is 0 Å². The molecule has 0 heterocycles. The Balaban J connectivity index is 2.18. The molecule has 2 unspecified atom stereocenters. The molecular formula is C13H14F3NO2. The summed E-state index contributed by atoms with van der Waals surface area (Å²) in [6, 6.07) is 3.15. The van der Waals surface area contributed by atoms with Crippen molar-refractivity contribution < 1.29 is 23.1 Å². The van der Waals surface area contributed by atoms with Crippen molar-refractivity contribution >= 4 is 11.7 Å². The Hall–Kier alpha value is -1.72. The molecule has 1 aromatic carbocycles. The number of carboxylic acids is 1. The predicted molar refractivity (Wildman–Crippen MR) is 64.0 cm³/mol. The molecule has 2 atom stereocenters. The summed E-state index contributed by atoms with van der Waals surface area (Å²) in [5, 5.41) is 11.8. The minimum atomic E-state index is -4.39. The fourth-order valence-corrected chi connectivity index (χ4v) is 2.12. The lowest BCUT2D eigenvalue weighted by Gasteiger charge is -2.35. The van der Waals surface area contributed by atoms with Gasteiger partial charge in [0.1, 0.15) is 0 Å². The zero-order valence-corrected chi connectivity index (χ0v) is 10.3. The van der Waals surface area contributed by atoms with E-state index in [0.717, 1.165) is 12.1 Å². The van der Waals surface area contributed by atoms with Gasteiger partial charge in [-0.15, -0.1) is 0 Å². The molecular weight excluding hydrogens is 259 g/mol. The highest BCUT2D eigenvalue weighted by Crippen LogP contribution is 2.35. The monoisotopic (exact) mass is 273 g/mol. The van der Waals surface area contributed by atoms with Gasteiger partial charge >= 0.3 is 12.1 Å². The highest BCUT2D eigenvalue weighted by atomic mass is 19.4. The average Bonchev–Trinajstić information content (AvgIpc) is 2.23. The van der Waals surface area contributed by atoms with Crippen molar-refractivity contribution in [1.82, 2.24) is 0 Å². The van der Waals surface area contributed by atoms with Gasteiger partial charge in [-0.1, -0.05) is 6.07 Å². The molecule has 6 heteroatoms. The Labute approximate surface area is 108 Å². The molecule has 0 spiro atoms. The fraction of sp³-hybridized carbons (Fsp3) is 0.462. The van der Waals surface area contributed by atoms with E-state index in [9.17, 15) is 18.0 Å². The standard InChI is InChI=1S/C13H14F3NO2/c1-7-2-3-8(13(14,15)16)6-11(7)17-10-5-4-9(10)12(18)19/h2-3,6,9-10,17H,4-5H2,1H3,(H,18,19). The summed E-state index contributed by atoms with van der Waals surface area (Å²) in [5.41, 5.74) is 0.293. The second-order valence-electron chi connectivity index (χ2n) is 4.80. The topological polar surface area (TPSA) is 49.3 Å². The normalized spacial score (nSPS) is 22.7. The second-order valence-corrected chi connectivity index (χ2v) is 4.80. The van der Waals surface area contributed by atoms with Gasteiger partial charge in [-0.25, -0.2) is 0 Å². The van der Waals surface area contributed by atoms with Crippen LogP contribution < -0.4 is 5.32 Å². The van der Waals surface area contributed by atoms with Crippen LogP contribution in [0.3, 0.4) is 0 Å². The number of nitrogens with one attached hydrogen (secondary N) is 1. The first-order valence-corrected chi connectivity index (χ1v) is 5.96. The van der Waals surface area contributed by atoms with Crippen molar-refractivity contribution in [3.05, 3.63) is 29.3 Å². The van der Waals surface area contributed by atoms with E-state index in [1.807, 2.05) is 0 Å². The van der Waals surface area contributed by atoms with Gasteiger partial charge < -0.3 is 10.4 Å². The summed E-state index contributed by atoms with van der Waals surface area (Å²) in [6.07, 6.45) is -3.17. The number of halogens is 3. The molecule has 19 heavy (non-hydrogen) atoms. The number of hydrogen-bond donors (Lipinski definition) is 2. The summed E-state index contributed by atoms with van der Waals surface area (Å²) in [5.74, 6) is -1.43. The van der Waals surface area contributed by atoms with Gasteiger partial charge in [0.25, 0.3) is 0 Å². The van der Waals surface area contributed by atoms with Crippen molar-refractivity contribution in [3.8, 4) is 0 Å². The van der Waals surface area contributed by atoms with E-state index in [1.165, 1.54) is 6.07 Å². The number of rotatable bonds is 3. The van der Waals surface area contributed by atoms with Crippen molar-refractivity contribution in [3.63, 3.8) is 0 Å². The van der Waals surface area contributed by atoms with Gasteiger partial charge in [-0.05, 0) is 37.5 Å². The maximum Gasteiger partial charge on any atom is 0.416 e. The summed E-state index contributed by atoms with van der Waals surface area (Å²) >= 11 is 0. The first kappa shape index (κ1) is 13.7. The van der Waals surface area contributed by atoms with Crippen LogP contribution in [0, 0.1) is 12.8 Å². The van der Waals surface area contributed by atoms with Gasteiger partial charge in [0, 0.05) is 11.7 Å². The Morgan fingerprint density at radius 1 is 1.37 bits per heavy atom. The molecule has 2 rings (SSSR count). The van der Waals surface area contributed by atoms with E-state index in [0.29, 0.717) is 24.1 Å². The average molecular weight is 273 g/mol. The molecule has 2 N–H and O–H groups in total. The minimum absolute atomic E-state index is 0.292. The zero-order chi connectivity index (χ0) is 14.2. The Morgan fingerprint density at radius 2 is 2.05 bits per heavy atom. The molecule has 0 amide bonds. The van der Waals surface area contributed by atoms with Gasteiger partial charge in [-0.2, -0.15) is 13.2 Å². The van der Waals surface area contributed by atoms with Crippen LogP contribution in [-0.4, -0.2) is 17.1 Å². The molecule has 0 aliphatic heterocycles. The van der Waals surface area contributed by atoms with E-state index in [4.69, 9.17) is 5.11 Å². The number of carbonyl (C=O) groups is 1.